The second-order valence-corrected chi connectivity index (χ2v) is 5.33. The van der Waals surface area contributed by atoms with Gasteiger partial charge in [-0.05, 0) is 13.8 Å². The van der Waals surface area contributed by atoms with Gasteiger partial charge in [0.2, 0.25) is 12.5 Å². The van der Waals surface area contributed by atoms with Crippen LogP contribution in [-0.2, 0) is 40.0 Å². The first-order valence-electron chi connectivity index (χ1n) is 8.55. The van der Waals surface area contributed by atoms with Gasteiger partial charge in [0.15, 0.2) is 0 Å². The summed E-state index contributed by atoms with van der Waals surface area (Å²) in [5.41, 5.74) is 1.45. The van der Waals surface area contributed by atoms with Crippen LogP contribution in [0.5, 0.6) is 0 Å². The molecule has 1 aromatic carbocycles. The predicted octanol–water partition coefficient (Wildman–Crippen LogP) is 1.89. The van der Waals surface area contributed by atoms with Crippen molar-refractivity contribution in [2.45, 2.75) is 13.8 Å². The van der Waals surface area contributed by atoms with Crippen molar-refractivity contribution >= 4 is 13.4 Å². The van der Waals surface area contributed by atoms with Crippen LogP contribution in [0.25, 0.3) is 0 Å². The van der Waals surface area contributed by atoms with Gasteiger partial charge in [0.1, 0.15) is 12.4 Å². The molecular formula is C21H22N2O5Pt. The summed E-state index contributed by atoms with van der Waals surface area (Å²) in [4.78, 5) is 0. The number of hydrogen-bond acceptors (Lipinski definition) is 5. The van der Waals surface area contributed by atoms with Gasteiger partial charge in [0.25, 0.3) is 11.9 Å². The Morgan fingerprint density at radius 3 is 1.83 bits per heavy atom. The van der Waals surface area contributed by atoms with Crippen LogP contribution in [0.15, 0.2) is 42.5 Å². The van der Waals surface area contributed by atoms with Crippen molar-refractivity contribution in [1.29, 1.82) is 0 Å². The van der Waals surface area contributed by atoms with E-state index < -0.39 is 0 Å². The van der Waals surface area contributed by atoms with E-state index >= 15 is 0 Å². The summed E-state index contributed by atoms with van der Waals surface area (Å²) in [6.07, 6.45) is 10.4. The second-order valence-electron chi connectivity index (χ2n) is 5.33. The topological polar surface area (TPSA) is 63.2 Å². The first-order chi connectivity index (χ1) is 13.5. The van der Waals surface area contributed by atoms with Crippen molar-refractivity contribution in [3.05, 3.63) is 78.6 Å². The Morgan fingerprint density at radius 1 is 1.07 bits per heavy atom. The molecule has 29 heavy (non-hydrogen) atoms. The molecule has 2 aliphatic rings. The monoisotopic (exact) mass is 577 g/mol. The third kappa shape index (κ3) is 6.35. The van der Waals surface area contributed by atoms with E-state index in [2.05, 4.69) is 19.5 Å². The molecule has 7 nitrogen and oxygen atoms in total. The molecule has 1 N–H and O–H groups in total. The fourth-order valence-electron chi connectivity index (χ4n) is 2.29. The maximum Gasteiger partial charge on any atom is 2.00 e. The fraction of sp³-hybridized carbons (Fsp3) is 0.238. The quantitative estimate of drug-likeness (QED) is 0.318. The minimum absolute atomic E-state index is 0. The maximum absolute atomic E-state index is 7.58. The number of aliphatic hydroxyl groups excluding tert-OH is 1. The molecule has 1 aromatic rings. The number of hydrogen-bond donors (Lipinski definition) is 1. The van der Waals surface area contributed by atoms with Gasteiger partial charge in [-0.1, -0.05) is 0 Å². The minimum Gasteiger partial charge on any atom is -0.691 e. The summed E-state index contributed by atoms with van der Waals surface area (Å²) < 4.78 is 25.3. The molecule has 0 amide bonds. The van der Waals surface area contributed by atoms with E-state index in [0.29, 0.717) is 37.6 Å². The first kappa shape index (κ1) is 24.2. The van der Waals surface area contributed by atoms with Crippen molar-refractivity contribution < 1.29 is 54.3 Å². The molecule has 0 unspecified atom stereocenters. The molecule has 0 fully saturated rings. The van der Waals surface area contributed by atoms with Crippen molar-refractivity contribution in [3.8, 4) is 5.92 Å². The molecule has 0 aliphatic carbocycles. The number of ether oxygens (including phenoxy) is 4. The summed E-state index contributed by atoms with van der Waals surface area (Å²) in [7, 11) is 0. The van der Waals surface area contributed by atoms with Crippen molar-refractivity contribution in [2.75, 3.05) is 19.8 Å². The molecule has 0 spiro atoms. The molecule has 0 atom stereocenters. The zero-order chi connectivity index (χ0) is 20.5. The van der Waals surface area contributed by atoms with Gasteiger partial charge in [-0.3, -0.25) is 0 Å². The van der Waals surface area contributed by atoms with Crippen molar-refractivity contribution in [1.82, 2.24) is 0 Å². The molecule has 3 rings (SSSR count). The summed E-state index contributed by atoms with van der Waals surface area (Å²) >= 11 is 0. The van der Waals surface area contributed by atoms with Gasteiger partial charge in [-0.2, -0.15) is 18.2 Å². The molecular weight excluding hydrogens is 555 g/mol. The zero-order valence-corrected chi connectivity index (χ0v) is 18.5. The Hall–Kier alpha value is -2.81. The molecule has 8 heteroatoms. The van der Waals surface area contributed by atoms with Crippen LogP contribution in [0, 0.1) is 30.9 Å². The van der Waals surface area contributed by atoms with Crippen LogP contribution in [0.2, 0.25) is 0 Å². The summed E-state index contributed by atoms with van der Waals surface area (Å²) in [6.45, 7) is 12.4. The molecule has 0 aromatic heterocycles. The summed E-state index contributed by atoms with van der Waals surface area (Å²) in [5, 5.41) is 7.58. The smallest absolute Gasteiger partial charge is 0.691 e. The van der Waals surface area contributed by atoms with Gasteiger partial charge in [-0.15, -0.1) is 11.1 Å². The van der Waals surface area contributed by atoms with Crippen LogP contribution < -0.4 is 0 Å². The first-order valence-corrected chi connectivity index (χ1v) is 8.55. The van der Waals surface area contributed by atoms with E-state index in [9.17, 15) is 0 Å². The Balaban J connectivity index is 0.000000771. The molecule has 0 saturated heterocycles. The van der Waals surface area contributed by atoms with Gasteiger partial charge < -0.3 is 45.5 Å². The van der Waals surface area contributed by atoms with Crippen LogP contribution in [0.4, 0.5) is 0 Å². The average Bonchev–Trinajstić information content (AvgIpc) is 3.25. The van der Waals surface area contributed by atoms with E-state index in [1.807, 2.05) is 32.0 Å². The third-order valence-electron chi connectivity index (χ3n) is 3.35. The normalized spacial score (nSPS) is 14.4. The van der Waals surface area contributed by atoms with Crippen LogP contribution >= 0.6 is 0 Å². The Morgan fingerprint density at radius 2 is 1.48 bits per heavy atom. The van der Waals surface area contributed by atoms with Gasteiger partial charge in [0, 0.05) is 13.4 Å². The molecule has 2 aliphatic heterocycles. The minimum atomic E-state index is -0.264. The molecule has 0 saturated carbocycles. The largest absolute Gasteiger partial charge is 2.00 e. The Bertz CT molecular complexity index is 771. The van der Waals surface area contributed by atoms with Crippen molar-refractivity contribution in [2.24, 2.45) is 0 Å². The third-order valence-corrected chi connectivity index (χ3v) is 3.35. The number of aliphatic hydroxyl groups is 1. The standard InChI is InChI=1S/C18H19N2O4.C3H3O.Pt/c1-5-21-15-11-19(3)17(23-15)13-8-7-9-14(10-13)18-20(4)12-16(24-18)22-6-2;1-2-3-4;/h7-9,11-12H,3-6H2,1-2H3;4H,3H2;/q2*-1;+2. The fourth-order valence-corrected chi connectivity index (χ4v) is 2.29. The number of nitrogens with zero attached hydrogens (tertiary/aromatic N) is 2. The van der Waals surface area contributed by atoms with Crippen LogP contribution in [0.3, 0.4) is 0 Å². The Kier molecular flexibility index (Phi) is 9.94. The van der Waals surface area contributed by atoms with E-state index in [-0.39, 0.29) is 27.7 Å². The Labute approximate surface area is 185 Å². The van der Waals surface area contributed by atoms with E-state index in [1.165, 1.54) is 0 Å². The number of benzene rings is 1. The van der Waals surface area contributed by atoms with Gasteiger partial charge in [0.05, 0.1) is 19.8 Å². The van der Waals surface area contributed by atoms with Crippen LogP contribution in [0.1, 0.15) is 25.0 Å². The van der Waals surface area contributed by atoms with E-state index in [1.54, 1.807) is 27.5 Å². The van der Waals surface area contributed by atoms with E-state index in [4.69, 9.17) is 30.5 Å². The molecule has 0 radical (unpaired) electrons. The van der Waals surface area contributed by atoms with Gasteiger partial charge >= 0.3 is 21.1 Å². The maximum atomic E-state index is 7.58. The van der Waals surface area contributed by atoms with E-state index in [0.717, 1.165) is 11.1 Å². The summed E-state index contributed by atoms with van der Waals surface area (Å²) in [6, 6.07) is 8.88. The molecule has 156 valence electrons. The summed E-state index contributed by atoms with van der Waals surface area (Å²) in [5.74, 6) is 2.55. The average molecular weight is 577 g/mol. The predicted molar refractivity (Wildman–Crippen MR) is 101 cm³/mol. The molecule has 0 bridgehead atoms. The number of rotatable bonds is 6. The van der Waals surface area contributed by atoms with Crippen molar-refractivity contribution in [3.63, 3.8) is 0 Å². The van der Waals surface area contributed by atoms with Gasteiger partial charge in [-0.25, -0.2) is 6.07 Å². The second kappa shape index (κ2) is 11.9. The molecule has 2 heterocycles. The van der Waals surface area contributed by atoms with Crippen LogP contribution in [-0.4, -0.2) is 47.5 Å². The zero-order valence-electron chi connectivity index (χ0n) is 16.2. The SMILES string of the molecule is C=[N+]1C=C(OCC)O[C-]1c1[c-]c([C-]2OC(OCC)=C[N+]2=C)ccc1.[C-]#CCO.[Pt+2].